The highest BCUT2D eigenvalue weighted by Gasteiger charge is 2.27. The molecule has 0 aliphatic rings. The molecule has 0 saturated heterocycles. The third kappa shape index (κ3) is 2.05. The molecule has 6 nitrogen and oxygen atoms in total. The number of rotatable bonds is 2. The summed E-state index contributed by atoms with van der Waals surface area (Å²) in [5.74, 6) is -1.57. The highest BCUT2D eigenvalue weighted by molar-refractivity contribution is 7.12. The lowest BCUT2D eigenvalue weighted by Crippen LogP contribution is -2.31. The van der Waals surface area contributed by atoms with Gasteiger partial charge in [-0.25, -0.2) is 13.9 Å². The Balaban J connectivity index is 2.79. The average Bonchev–Trinajstić information content (AvgIpc) is 2.94. The van der Waals surface area contributed by atoms with E-state index in [-0.39, 0.29) is 11.4 Å². The van der Waals surface area contributed by atoms with Crippen molar-refractivity contribution in [2.24, 2.45) is 0 Å². The molecule has 0 amide bonds. The number of carbonyl (C=O) groups is 3. The highest BCUT2D eigenvalue weighted by Crippen LogP contribution is 2.17. The Bertz CT molecular complexity index is 765. The molecule has 0 aromatic carbocycles. The quantitative estimate of drug-likeness (QED) is 0.787. The summed E-state index contributed by atoms with van der Waals surface area (Å²) in [5.41, 5.74) is -0.682. The Morgan fingerprint density at radius 3 is 2.15 bits per heavy atom. The van der Waals surface area contributed by atoms with Crippen LogP contribution < -0.4 is 5.69 Å². The predicted molar refractivity (Wildman–Crippen MR) is 73.8 cm³/mol. The van der Waals surface area contributed by atoms with E-state index in [1.807, 2.05) is 0 Å². The van der Waals surface area contributed by atoms with Crippen molar-refractivity contribution in [3.05, 3.63) is 44.3 Å². The van der Waals surface area contributed by atoms with Crippen LogP contribution in [-0.2, 0) is 0 Å². The predicted octanol–water partition coefficient (Wildman–Crippen LogP) is 1.57. The maximum absolute atomic E-state index is 12.4. The van der Waals surface area contributed by atoms with Gasteiger partial charge in [0.15, 0.2) is 0 Å². The number of thiophene rings is 1. The fourth-order valence-electron chi connectivity index (χ4n) is 2.06. The Hall–Kier alpha value is -2.28. The van der Waals surface area contributed by atoms with Crippen LogP contribution in [0.5, 0.6) is 0 Å². The molecule has 0 aliphatic carbocycles. The standard InChI is InChI=1S/C13H12N2O4S/c1-7-11(12(18)10-5-4-6-20-10)15(9(3)17)13(19)14(7)8(2)16/h4-6H,1-3H3. The lowest BCUT2D eigenvalue weighted by atomic mass is 10.2. The molecule has 0 unspecified atom stereocenters. The molecule has 0 bridgehead atoms. The molecular weight excluding hydrogens is 280 g/mol. The van der Waals surface area contributed by atoms with Crippen LogP contribution in [0, 0.1) is 6.92 Å². The summed E-state index contributed by atoms with van der Waals surface area (Å²) in [5, 5.41) is 1.72. The van der Waals surface area contributed by atoms with Crippen LogP contribution in [0.15, 0.2) is 22.3 Å². The van der Waals surface area contributed by atoms with Gasteiger partial charge >= 0.3 is 5.69 Å². The number of aromatic nitrogens is 2. The van der Waals surface area contributed by atoms with E-state index < -0.39 is 23.3 Å². The summed E-state index contributed by atoms with van der Waals surface area (Å²) >= 11 is 1.21. The Kier molecular flexibility index (Phi) is 3.54. The summed E-state index contributed by atoms with van der Waals surface area (Å²) in [6.45, 7) is 3.86. The Labute approximate surface area is 118 Å². The van der Waals surface area contributed by atoms with Gasteiger partial charge in [0.05, 0.1) is 10.6 Å². The highest BCUT2D eigenvalue weighted by atomic mass is 32.1. The van der Waals surface area contributed by atoms with Crippen LogP contribution >= 0.6 is 11.3 Å². The number of ketones is 1. The van der Waals surface area contributed by atoms with Crippen molar-refractivity contribution >= 4 is 28.9 Å². The zero-order valence-electron chi connectivity index (χ0n) is 11.2. The monoisotopic (exact) mass is 292 g/mol. The maximum atomic E-state index is 12.4. The molecule has 104 valence electrons. The number of imidazole rings is 1. The minimum Gasteiger partial charge on any atom is -0.286 e. The molecule has 0 saturated carbocycles. The van der Waals surface area contributed by atoms with Crippen LogP contribution in [0.4, 0.5) is 0 Å². The number of hydrogen-bond donors (Lipinski definition) is 0. The van der Waals surface area contributed by atoms with Crippen LogP contribution in [0.1, 0.15) is 44.5 Å². The van der Waals surface area contributed by atoms with E-state index in [9.17, 15) is 19.2 Å². The van der Waals surface area contributed by atoms with E-state index in [1.54, 1.807) is 17.5 Å². The van der Waals surface area contributed by atoms with Gasteiger partial charge in [0.1, 0.15) is 5.69 Å². The molecule has 0 fully saturated rings. The Morgan fingerprint density at radius 2 is 1.70 bits per heavy atom. The second kappa shape index (κ2) is 5.01. The molecule has 2 aromatic rings. The molecule has 2 heterocycles. The molecule has 2 aromatic heterocycles. The van der Waals surface area contributed by atoms with Gasteiger partial charge < -0.3 is 0 Å². The minimum absolute atomic E-state index is 0.0554. The van der Waals surface area contributed by atoms with Gasteiger partial charge in [0.2, 0.25) is 17.6 Å². The van der Waals surface area contributed by atoms with Crippen LogP contribution in [-0.4, -0.2) is 26.7 Å². The van der Waals surface area contributed by atoms with Gasteiger partial charge in [-0.2, -0.15) is 0 Å². The van der Waals surface area contributed by atoms with E-state index in [4.69, 9.17) is 0 Å². The third-order valence-electron chi connectivity index (χ3n) is 2.87. The molecule has 0 aliphatic heterocycles. The van der Waals surface area contributed by atoms with Gasteiger partial charge in [-0.1, -0.05) is 6.07 Å². The van der Waals surface area contributed by atoms with E-state index in [1.165, 1.54) is 32.1 Å². The van der Waals surface area contributed by atoms with Crippen molar-refractivity contribution in [2.45, 2.75) is 20.8 Å². The van der Waals surface area contributed by atoms with Crippen molar-refractivity contribution < 1.29 is 14.4 Å². The normalized spacial score (nSPS) is 10.6. The largest absolute Gasteiger partial charge is 0.342 e. The first-order valence-corrected chi connectivity index (χ1v) is 6.68. The van der Waals surface area contributed by atoms with Gasteiger partial charge in [0, 0.05) is 13.8 Å². The fraction of sp³-hybridized carbons (Fsp3) is 0.231. The number of carbonyl (C=O) groups excluding carboxylic acids is 3. The van der Waals surface area contributed by atoms with Crippen molar-refractivity contribution in [1.82, 2.24) is 9.13 Å². The smallest absolute Gasteiger partial charge is 0.286 e. The number of hydrogen-bond acceptors (Lipinski definition) is 5. The number of nitrogens with zero attached hydrogens (tertiary/aromatic N) is 2. The first kappa shape index (κ1) is 14.1. The Morgan fingerprint density at radius 1 is 1.10 bits per heavy atom. The van der Waals surface area contributed by atoms with Crippen LogP contribution in [0.2, 0.25) is 0 Å². The van der Waals surface area contributed by atoms with Gasteiger partial charge in [-0.3, -0.25) is 14.4 Å². The van der Waals surface area contributed by atoms with Crippen LogP contribution in [0.25, 0.3) is 0 Å². The van der Waals surface area contributed by atoms with Gasteiger partial charge in [-0.05, 0) is 18.4 Å². The molecular formula is C13H12N2O4S. The van der Waals surface area contributed by atoms with Crippen molar-refractivity contribution in [3.63, 3.8) is 0 Å². The molecule has 0 atom stereocenters. The van der Waals surface area contributed by atoms with Gasteiger partial charge in [0.25, 0.3) is 0 Å². The maximum Gasteiger partial charge on any atom is 0.342 e. The zero-order valence-corrected chi connectivity index (χ0v) is 12.0. The molecule has 2 rings (SSSR count). The van der Waals surface area contributed by atoms with E-state index in [0.29, 0.717) is 4.88 Å². The fourth-order valence-corrected chi connectivity index (χ4v) is 2.72. The van der Waals surface area contributed by atoms with Crippen molar-refractivity contribution in [1.29, 1.82) is 0 Å². The average molecular weight is 292 g/mol. The summed E-state index contributed by atoms with van der Waals surface area (Å²) < 4.78 is 1.58. The summed E-state index contributed by atoms with van der Waals surface area (Å²) in [7, 11) is 0. The second-order valence-electron chi connectivity index (χ2n) is 4.23. The molecule has 0 radical (unpaired) electrons. The van der Waals surface area contributed by atoms with Gasteiger partial charge in [-0.15, -0.1) is 11.3 Å². The molecule has 20 heavy (non-hydrogen) atoms. The topological polar surface area (TPSA) is 78.1 Å². The first-order valence-electron chi connectivity index (χ1n) is 5.80. The summed E-state index contributed by atoms with van der Waals surface area (Å²) in [6, 6.07) is 3.30. The third-order valence-corrected chi connectivity index (χ3v) is 3.74. The minimum atomic E-state index is -0.803. The summed E-state index contributed by atoms with van der Waals surface area (Å²) in [6.07, 6.45) is 0. The second-order valence-corrected chi connectivity index (χ2v) is 5.18. The molecule has 0 spiro atoms. The van der Waals surface area contributed by atoms with Crippen LogP contribution in [0.3, 0.4) is 0 Å². The van der Waals surface area contributed by atoms with Crippen molar-refractivity contribution in [3.8, 4) is 0 Å². The van der Waals surface area contributed by atoms with E-state index in [2.05, 4.69) is 0 Å². The van der Waals surface area contributed by atoms with E-state index in [0.717, 1.165) is 9.13 Å². The van der Waals surface area contributed by atoms with E-state index >= 15 is 0 Å². The first-order chi connectivity index (χ1) is 9.36. The molecule has 0 N–H and O–H groups in total. The van der Waals surface area contributed by atoms with Crippen molar-refractivity contribution in [2.75, 3.05) is 0 Å². The molecule has 7 heteroatoms. The summed E-state index contributed by atoms with van der Waals surface area (Å²) in [4.78, 5) is 48.1. The zero-order chi connectivity index (χ0) is 15.0. The SMILES string of the molecule is CC(=O)n1c(C)c(C(=O)c2cccs2)n(C(C)=O)c1=O. The lowest BCUT2D eigenvalue weighted by molar-refractivity contribution is 0.0905. The lowest BCUT2D eigenvalue weighted by Gasteiger charge is -2.02.